The zero-order chi connectivity index (χ0) is 23.0. The average Bonchev–Trinajstić information content (AvgIpc) is 3.08. The van der Waals surface area contributed by atoms with Crippen molar-refractivity contribution in [2.75, 3.05) is 0 Å². The first-order valence-electron chi connectivity index (χ1n) is 9.85. The van der Waals surface area contributed by atoms with Crippen LogP contribution in [0.25, 0.3) is 0 Å². The van der Waals surface area contributed by atoms with Crippen LogP contribution in [0.4, 0.5) is 8.78 Å². The number of piperidine rings is 1. The largest absolute Gasteiger partial charge is 0.349 e. The Labute approximate surface area is 186 Å². The number of rotatable bonds is 5. The van der Waals surface area contributed by atoms with E-state index in [2.05, 4.69) is 10.6 Å². The van der Waals surface area contributed by atoms with E-state index in [1.165, 1.54) is 17.0 Å². The van der Waals surface area contributed by atoms with Crippen molar-refractivity contribution >= 4 is 35.2 Å². The minimum Gasteiger partial charge on any atom is -0.346 e. The van der Waals surface area contributed by atoms with Crippen molar-refractivity contribution in [1.82, 2.24) is 15.5 Å². The van der Waals surface area contributed by atoms with Gasteiger partial charge in [0.2, 0.25) is 11.8 Å². The van der Waals surface area contributed by atoms with Crippen LogP contribution in [0, 0.1) is 0 Å². The van der Waals surface area contributed by atoms with Crippen LogP contribution in [0.15, 0.2) is 42.5 Å². The summed E-state index contributed by atoms with van der Waals surface area (Å²) in [4.78, 5) is 49.7. The summed E-state index contributed by atoms with van der Waals surface area (Å²) < 4.78 is 28.8. The Kier molecular flexibility index (Phi) is 5.68. The second-order valence-electron chi connectivity index (χ2n) is 7.66. The molecular formula is C22H18ClF2N3O4. The number of nitrogens with zero attached hydrogens (tertiary/aromatic N) is 1. The van der Waals surface area contributed by atoms with Crippen LogP contribution in [0.1, 0.15) is 39.9 Å². The Morgan fingerprint density at radius 1 is 1.16 bits per heavy atom. The molecule has 2 N–H and O–H groups in total. The van der Waals surface area contributed by atoms with Crippen LogP contribution in [0.3, 0.4) is 0 Å². The molecule has 2 aliphatic rings. The van der Waals surface area contributed by atoms with Crippen molar-refractivity contribution in [3.05, 3.63) is 69.7 Å². The number of alkyl halides is 2. The zero-order valence-electron chi connectivity index (χ0n) is 16.7. The van der Waals surface area contributed by atoms with Gasteiger partial charge >= 0.3 is 5.92 Å². The highest BCUT2D eigenvalue weighted by molar-refractivity contribution is 6.30. The SMILES string of the molecule is O=C1CCC(N2Cc3cc([14CH2]NC(=O)C(F)(F)c4ccc(Cl)cc4)ccc3C2=O)C(=O)N1. The van der Waals surface area contributed by atoms with Gasteiger partial charge in [-0.15, -0.1) is 0 Å². The molecule has 4 amide bonds. The van der Waals surface area contributed by atoms with Gasteiger partial charge in [0.25, 0.3) is 11.8 Å². The lowest BCUT2D eigenvalue weighted by Gasteiger charge is -2.29. The van der Waals surface area contributed by atoms with Gasteiger partial charge in [-0.1, -0.05) is 35.9 Å². The first kappa shape index (κ1) is 21.9. The molecule has 7 nitrogen and oxygen atoms in total. The number of amides is 4. The molecule has 0 spiro atoms. The van der Waals surface area contributed by atoms with Crippen LogP contribution >= 0.6 is 11.6 Å². The minimum absolute atomic E-state index is 0.148. The molecule has 0 aromatic heterocycles. The smallest absolute Gasteiger partial charge is 0.346 e. The highest BCUT2D eigenvalue weighted by Gasteiger charge is 2.41. The predicted molar refractivity (Wildman–Crippen MR) is 110 cm³/mol. The Morgan fingerprint density at radius 3 is 2.56 bits per heavy atom. The fourth-order valence-electron chi connectivity index (χ4n) is 3.82. The Hall–Kier alpha value is -3.33. The molecule has 2 aliphatic heterocycles. The van der Waals surface area contributed by atoms with Crippen molar-refractivity contribution < 1.29 is 28.0 Å². The summed E-state index contributed by atoms with van der Waals surface area (Å²) >= 11 is 5.70. The summed E-state index contributed by atoms with van der Waals surface area (Å²) in [7, 11) is 0. The summed E-state index contributed by atoms with van der Waals surface area (Å²) in [6.07, 6.45) is 0.392. The number of carbonyl (C=O) groups excluding carboxylic acids is 4. The van der Waals surface area contributed by atoms with Gasteiger partial charge in [-0.3, -0.25) is 24.5 Å². The van der Waals surface area contributed by atoms with Gasteiger partial charge in [-0.25, -0.2) is 0 Å². The van der Waals surface area contributed by atoms with E-state index in [0.717, 1.165) is 12.1 Å². The van der Waals surface area contributed by atoms with Crippen LogP contribution < -0.4 is 10.6 Å². The molecule has 0 radical (unpaired) electrons. The van der Waals surface area contributed by atoms with Crippen LogP contribution in [-0.2, 0) is 33.4 Å². The van der Waals surface area contributed by atoms with E-state index in [9.17, 15) is 28.0 Å². The Morgan fingerprint density at radius 2 is 1.88 bits per heavy atom. The van der Waals surface area contributed by atoms with E-state index in [4.69, 9.17) is 11.6 Å². The second kappa shape index (κ2) is 8.31. The maximum absolute atomic E-state index is 14.4. The Balaban J connectivity index is 1.43. The van der Waals surface area contributed by atoms with Crippen LogP contribution in [-0.4, -0.2) is 34.6 Å². The molecule has 0 bridgehead atoms. The number of carbonyl (C=O) groups is 4. The molecule has 10 heteroatoms. The van der Waals surface area contributed by atoms with Crippen molar-refractivity contribution in [2.45, 2.75) is 37.9 Å². The average molecular weight is 464 g/mol. The third-order valence-corrected chi connectivity index (χ3v) is 5.78. The van der Waals surface area contributed by atoms with Crippen LogP contribution in [0.2, 0.25) is 5.02 Å². The van der Waals surface area contributed by atoms with Gasteiger partial charge in [0.05, 0.1) is 0 Å². The molecule has 1 atom stereocenters. The van der Waals surface area contributed by atoms with Crippen molar-refractivity contribution in [3.8, 4) is 0 Å². The Bertz CT molecular complexity index is 1120. The number of halogens is 3. The first-order valence-corrected chi connectivity index (χ1v) is 10.2. The second-order valence-corrected chi connectivity index (χ2v) is 8.09. The lowest BCUT2D eigenvalue weighted by Crippen LogP contribution is -2.52. The maximum atomic E-state index is 14.4. The number of benzene rings is 2. The van der Waals surface area contributed by atoms with Crippen LogP contribution in [0.5, 0.6) is 0 Å². The molecule has 0 aliphatic carbocycles. The standard InChI is InChI=1S/C22H18ClF2N3O4/c23-15-4-2-14(3-5-15)22(24,25)21(32)26-10-12-1-6-16-13(9-12)11-28(20(16)31)17-7-8-18(29)27-19(17)30/h1-6,9,17H,7-8,10-11H2,(H,26,32)(H,27,29,30)/i10+2. The van der Waals surface area contributed by atoms with E-state index < -0.39 is 29.3 Å². The highest BCUT2D eigenvalue weighted by atomic mass is 35.5. The molecule has 2 aromatic rings. The van der Waals surface area contributed by atoms with Crippen molar-refractivity contribution in [1.29, 1.82) is 0 Å². The quantitative estimate of drug-likeness (QED) is 0.666. The van der Waals surface area contributed by atoms with Gasteiger partial charge in [0.15, 0.2) is 0 Å². The molecule has 166 valence electrons. The van der Waals surface area contributed by atoms with Crippen molar-refractivity contribution in [2.24, 2.45) is 0 Å². The fourth-order valence-corrected chi connectivity index (χ4v) is 3.95. The number of fused-ring (bicyclic) bond motifs is 1. The normalized spacial score (nSPS) is 18.4. The third-order valence-electron chi connectivity index (χ3n) is 5.53. The van der Waals surface area contributed by atoms with E-state index in [1.54, 1.807) is 18.2 Å². The highest BCUT2D eigenvalue weighted by Crippen LogP contribution is 2.30. The molecule has 1 saturated heterocycles. The molecular weight excluding hydrogens is 446 g/mol. The summed E-state index contributed by atoms with van der Waals surface area (Å²) in [5, 5.41) is 4.73. The van der Waals surface area contributed by atoms with Gasteiger partial charge in [-0.2, -0.15) is 8.78 Å². The summed E-state index contributed by atoms with van der Waals surface area (Å²) in [6.45, 7) is -0.00886. The minimum atomic E-state index is -3.74. The third kappa shape index (κ3) is 4.08. The lowest BCUT2D eigenvalue weighted by molar-refractivity contribution is -0.147. The van der Waals surface area contributed by atoms with E-state index in [0.29, 0.717) is 16.7 Å². The molecule has 32 heavy (non-hydrogen) atoms. The van der Waals surface area contributed by atoms with Gasteiger partial charge in [0.1, 0.15) is 6.04 Å². The number of imide groups is 1. The van der Waals surface area contributed by atoms with E-state index in [1.807, 2.05) is 0 Å². The molecule has 0 saturated carbocycles. The monoisotopic (exact) mass is 463 g/mol. The van der Waals surface area contributed by atoms with Crippen molar-refractivity contribution in [3.63, 3.8) is 0 Å². The number of nitrogens with one attached hydrogen (secondary N) is 2. The predicted octanol–water partition coefficient (Wildman–Crippen LogP) is 2.51. The summed E-state index contributed by atoms with van der Waals surface area (Å²) in [5.74, 6) is -6.41. The van der Waals surface area contributed by atoms with Gasteiger partial charge in [0, 0.05) is 35.7 Å². The fraction of sp³-hybridized carbons (Fsp3) is 0.273. The van der Waals surface area contributed by atoms with Gasteiger partial charge < -0.3 is 10.2 Å². The molecule has 2 heterocycles. The lowest BCUT2D eigenvalue weighted by atomic mass is 10.0. The molecule has 2 aromatic carbocycles. The van der Waals surface area contributed by atoms with Gasteiger partial charge in [-0.05, 0) is 35.7 Å². The number of hydrogen-bond donors (Lipinski definition) is 2. The maximum Gasteiger partial charge on any atom is 0.349 e. The first-order chi connectivity index (χ1) is 15.2. The summed E-state index contributed by atoms with van der Waals surface area (Å²) in [5.41, 5.74) is 1.08. The number of hydrogen-bond acceptors (Lipinski definition) is 4. The molecule has 1 unspecified atom stereocenters. The topological polar surface area (TPSA) is 95.6 Å². The van der Waals surface area contributed by atoms with E-state index >= 15 is 0 Å². The van der Waals surface area contributed by atoms with E-state index in [-0.39, 0.29) is 42.8 Å². The summed E-state index contributed by atoms with van der Waals surface area (Å²) in [6, 6.07) is 8.74. The molecule has 4 rings (SSSR count). The zero-order valence-corrected chi connectivity index (χ0v) is 17.4. The molecule has 1 fully saturated rings.